The summed E-state index contributed by atoms with van der Waals surface area (Å²) >= 11 is 3.63. The Balaban J connectivity index is 2.12. The van der Waals surface area contributed by atoms with E-state index in [9.17, 15) is 8.42 Å². The largest absolute Gasteiger partial charge is 0.487 e. The Labute approximate surface area is 190 Å². The zero-order valence-corrected chi connectivity index (χ0v) is 21.8. The fourth-order valence-corrected chi connectivity index (χ4v) is 7.75. The number of hydrogen-bond donors (Lipinski definition) is 1. The third-order valence-electron chi connectivity index (χ3n) is 5.23. The van der Waals surface area contributed by atoms with Crippen LogP contribution in [0.2, 0.25) is 11.6 Å². The number of hydrogen-bond acceptors (Lipinski definition) is 4. The number of ether oxygens (including phenoxy) is 1. The molecule has 0 fully saturated rings. The summed E-state index contributed by atoms with van der Waals surface area (Å²) in [5.41, 5.74) is 2.46. The van der Waals surface area contributed by atoms with Gasteiger partial charge < -0.3 is 9.16 Å². The Kier molecular flexibility index (Phi) is 8.56. The molecule has 0 saturated carbocycles. The van der Waals surface area contributed by atoms with E-state index in [4.69, 9.17) is 9.16 Å². The van der Waals surface area contributed by atoms with E-state index in [0.717, 1.165) is 22.3 Å². The van der Waals surface area contributed by atoms with Crippen molar-refractivity contribution in [3.05, 3.63) is 59.7 Å². The lowest BCUT2D eigenvalue weighted by molar-refractivity contribution is 0.291. The highest BCUT2D eigenvalue weighted by molar-refractivity contribution is 9.09. The number of anilines is 1. The van der Waals surface area contributed by atoms with Crippen LogP contribution in [0.3, 0.4) is 0 Å². The Hall–Kier alpha value is -1.35. The van der Waals surface area contributed by atoms with Gasteiger partial charge in [0.15, 0.2) is 0 Å². The molecule has 0 aliphatic carbocycles. The maximum absolute atomic E-state index is 11.8. The van der Waals surface area contributed by atoms with E-state index in [1.165, 1.54) is 0 Å². The smallest absolute Gasteiger partial charge is 0.229 e. The van der Waals surface area contributed by atoms with Crippen LogP contribution < -0.4 is 9.46 Å². The molecule has 166 valence electrons. The van der Waals surface area contributed by atoms with Crippen LogP contribution >= 0.6 is 15.9 Å². The van der Waals surface area contributed by atoms with Crippen molar-refractivity contribution in [2.45, 2.75) is 45.4 Å². The summed E-state index contributed by atoms with van der Waals surface area (Å²) < 4.78 is 38.5. The quantitative estimate of drug-likeness (QED) is 0.336. The van der Waals surface area contributed by atoms with Crippen molar-refractivity contribution in [3.63, 3.8) is 0 Å². The van der Waals surface area contributed by atoms with E-state index in [0.29, 0.717) is 31.1 Å². The van der Waals surface area contributed by atoms with E-state index in [2.05, 4.69) is 48.0 Å². The van der Waals surface area contributed by atoms with E-state index in [1.807, 2.05) is 48.5 Å². The predicted molar refractivity (Wildman–Crippen MR) is 130 cm³/mol. The van der Waals surface area contributed by atoms with Gasteiger partial charge in [0.2, 0.25) is 18.3 Å². The van der Waals surface area contributed by atoms with Crippen LogP contribution in [-0.4, -0.2) is 34.6 Å². The Morgan fingerprint density at radius 1 is 1.07 bits per heavy atom. The van der Waals surface area contributed by atoms with Crippen molar-refractivity contribution >= 4 is 40.0 Å². The van der Waals surface area contributed by atoms with Crippen molar-refractivity contribution < 1.29 is 17.6 Å². The normalized spacial score (nSPS) is 14.2. The van der Waals surface area contributed by atoms with Gasteiger partial charge >= 0.3 is 0 Å². The van der Waals surface area contributed by atoms with Gasteiger partial charge in [-0.1, -0.05) is 73.1 Å². The lowest BCUT2D eigenvalue weighted by Gasteiger charge is -2.38. The molecule has 2 aromatic carbocycles. The molecule has 1 atom stereocenters. The topological polar surface area (TPSA) is 64.6 Å². The Bertz CT molecular complexity index is 932. The van der Waals surface area contributed by atoms with Gasteiger partial charge in [-0.25, -0.2) is 8.42 Å². The first-order valence-corrected chi connectivity index (χ1v) is 15.5. The monoisotopic (exact) mass is 513 g/mol. The van der Waals surface area contributed by atoms with Crippen LogP contribution in [-0.2, 0) is 27.5 Å². The number of alkyl halides is 1. The Morgan fingerprint density at radius 3 is 2.30 bits per heavy atom. The molecule has 0 spiro atoms. The molecule has 0 saturated heterocycles. The first kappa shape index (κ1) is 24.9. The fourth-order valence-electron chi connectivity index (χ4n) is 2.72. The molecule has 0 bridgehead atoms. The maximum Gasteiger partial charge on any atom is 0.229 e. The highest BCUT2D eigenvalue weighted by atomic mass is 79.9. The molecule has 1 N–H and O–H groups in total. The maximum atomic E-state index is 11.8. The number of halogens is 1. The fraction of sp³-hybridized carbons (Fsp3) is 0.455. The standard InChI is InChI=1S/C22H32BrNO4SSi/c1-22(2,3)30(5,17-23)28-14-13-18-11-12-21(20(15-18)24-29(4,25)26)27-16-19-9-7-6-8-10-19/h6-12,15,24H,13-14,16-17H2,1-5H3. The van der Waals surface area contributed by atoms with Gasteiger partial charge in [-0.3, -0.25) is 4.72 Å². The number of rotatable bonds is 10. The third kappa shape index (κ3) is 7.41. The van der Waals surface area contributed by atoms with Crippen LogP contribution in [0.5, 0.6) is 5.75 Å². The number of nitrogens with one attached hydrogen (secondary N) is 1. The second-order valence-electron chi connectivity index (χ2n) is 8.69. The second-order valence-corrected chi connectivity index (χ2v) is 16.6. The molecule has 0 aromatic heterocycles. The zero-order chi connectivity index (χ0) is 22.4. The van der Waals surface area contributed by atoms with Gasteiger partial charge in [0.05, 0.1) is 11.9 Å². The molecule has 30 heavy (non-hydrogen) atoms. The molecule has 8 heteroatoms. The summed E-state index contributed by atoms with van der Waals surface area (Å²) in [6, 6.07) is 15.4. The molecule has 0 amide bonds. The summed E-state index contributed by atoms with van der Waals surface area (Å²) in [6.07, 6.45) is 1.84. The van der Waals surface area contributed by atoms with Crippen molar-refractivity contribution in [2.24, 2.45) is 0 Å². The zero-order valence-electron chi connectivity index (χ0n) is 18.4. The minimum atomic E-state index is -3.43. The molecule has 2 aromatic rings. The highest BCUT2D eigenvalue weighted by Crippen LogP contribution is 2.38. The molecule has 0 aliphatic heterocycles. The molecule has 1 unspecified atom stereocenters. The van der Waals surface area contributed by atoms with Crippen LogP contribution in [0.1, 0.15) is 31.9 Å². The van der Waals surface area contributed by atoms with Crippen molar-refractivity contribution in [1.29, 1.82) is 0 Å². The van der Waals surface area contributed by atoms with E-state index in [1.54, 1.807) is 0 Å². The minimum Gasteiger partial charge on any atom is -0.487 e. The van der Waals surface area contributed by atoms with E-state index >= 15 is 0 Å². The predicted octanol–water partition coefficient (Wildman–Crippen LogP) is 5.51. The molecule has 0 aliphatic rings. The molecular formula is C22H32BrNO4SSi. The van der Waals surface area contributed by atoms with Crippen LogP contribution in [0.15, 0.2) is 48.5 Å². The summed E-state index contributed by atoms with van der Waals surface area (Å²) in [5, 5.41) is 0.120. The lowest BCUT2D eigenvalue weighted by atomic mass is 10.1. The summed E-state index contributed by atoms with van der Waals surface area (Å²) in [4.78, 5) is 0.872. The van der Waals surface area contributed by atoms with Gasteiger partial charge in [0.1, 0.15) is 12.4 Å². The van der Waals surface area contributed by atoms with Gasteiger partial charge in [-0.2, -0.15) is 0 Å². The lowest BCUT2D eigenvalue weighted by Crippen LogP contribution is -2.46. The molecule has 0 heterocycles. The SMILES string of the molecule is CC(C)(C)[Si](C)(CBr)OCCc1ccc(OCc2ccccc2)c(NS(C)(=O)=O)c1. The van der Waals surface area contributed by atoms with Gasteiger partial charge in [-0.15, -0.1) is 0 Å². The average Bonchev–Trinajstić information content (AvgIpc) is 2.66. The summed E-state index contributed by atoms with van der Waals surface area (Å²) in [5.74, 6) is 0.503. The molecule has 0 radical (unpaired) electrons. The van der Waals surface area contributed by atoms with E-state index in [-0.39, 0.29) is 5.04 Å². The van der Waals surface area contributed by atoms with Crippen LogP contribution in [0.4, 0.5) is 5.69 Å². The number of sulfonamides is 1. The number of benzene rings is 2. The molecule has 2 rings (SSSR count). The Morgan fingerprint density at radius 2 is 1.73 bits per heavy atom. The summed E-state index contributed by atoms with van der Waals surface area (Å²) in [7, 11) is -5.34. The first-order chi connectivity index (χ1) is 13.9. The first-order valence-electron chi connectivity index (χ1n) is 9.91. The van der Waals surface area contributed by atoms with Gasteiger partial charge in [0, 0.05) is 11.6 Å². The average molecular weight is 515 g/mol. The summed E-state index contributed by atoms with van der Waals surface area (Å²) in [6.45, 7) is 9.84. The second kappa shape index (κ2) is 10.3. The molecule has 5 nitrogen and oxygen atoms in total. The van der Waals surface area contributed by atoms with Crippen molar-refractivity contribution in [1.82, 2.24) is 0 Å². The van der Waals surface area contributed by atoms with E-state index < -0.39 is 18.3 Å². The molecular weight excluding hydrogens is 482 g/mol. The van der Waals surface area contributed by atoms with Gasteiger partial charge in [0.25, 0.3) is 0 Å². The highest BCUT2D eigenvalue weighted by Gasteiger charge is 2.40. The van der Waals surface area contributed by atoms with Crippen LogP contribution in [0.25, 0.3) is 0 Å². The third-order valence-corrected chi connectivity index (χ3v) is 13.6. The van der Waals surface area contributed by atoms with Crippen LogP contribution in [0, 0.1) is 0 Å². The van der Waals surface area contributed by atoms with Gasteiger partial charge in [-0.05, 0) is 41.3 Å². The minimum absolute atomic E-state index is 0.120. The van der Waals surface area contributed by atoms with Crippen molar-refractivity contribution in [2.75, 3.05) is 22.5 Å². The van der Waals surface area contributed by atoms with Crippen molar-refractivity contribution in [3.8, 4) is 5.75 Å².